The smallest absolute Gasteiger partial charge is 0.118 e. The van der Waals surface area contributed by atoms with Crippen molar-refractivity contribution in [1.82, 2.24) is 4.90 Å². The van der Waals surface area contributed by atoms with E-state index in [4.69, 9.17) is 4.74 Å². The first-order chi connectivity index (χ1) is 9.74. The Morgan fingerprint density at radius 2 is 1.90 bits per heavy atom. The lowest BCUT2D eigenvalue weighted by molar-refractivity contribution is 0.248. The van der Waals surface area contributed by atoms with E-state index < -0.39 is 0 Å². The largest absolute Gasteiger partial charge is 0.497 e. The minimum atomic E-state index is 0.762. The van der Waals surface area contributed by atoms with Crippen molar-refractivity contribution in [3.8, 4) is 5.75 Å². The van der Waals surface area contributed by atoms with Crippen LogP contribution in [0.2, 0.25) is 0 Å². The highest BCUT2D eigenvalue weighted by Crippen LogP contribution is 2.32. The Morgan fingerprint density at radius 3 is 2.45 bits per heavy atom. The van der Waals surface area contributed by atoms with Gasteiger partial charge in [-0.05, 0) is 58.6 Å². The average Bonchev–Trinajstić information content (AvgIpc) is 3.23. The zero-order valence-electron chi connectivity index (χ0n) is 11.5. The van der Waals surface area contributed by atoms with E-state index in [1.807, 2.05) is 23.5 Å². The molecule has 2 nitrogen and oxygen atoms in total. The Balaban J connectivity index is 1.67. The molecule has 2 aromatic rings. The summed E-state index contributed by atoms with van der Waals surface area (Å²) < 4.78 is 6.43. The van der Waals surface area contributed by atoms with Gasteiger partial charge in [0.15, 0.2) is 0 Å². The van der Waals surface area contributed by atoms with Gasteiger partial charge >= 0.3 is 0 Å². The molecule has 0 aliphatic heterocycles. The summed E-state index contributed by atoms with van der Waals surface area (Å²) in [7, 11) is 1.71. The zero-order valence-corrected chi connectivity index (χ0v) is 13.9. The summed E-state index contributed by atoms with van der Waals surface area (Å²) in [5.41, 5.74) is 1.35. The van der Waals surface area contributed by atoms with Crippen molar-refractivity contribution in [1.29, 1.82) is 0 Å². The Hall–Kier alpha value is -0.840. The molecule has 1 aliphatic rings. The van der Waals surface area contributed by atoms with Crippen LogP contribution in [0.25, 0.3) is 0 Å². The lowest BCUT2D eigenvalue weighted by Crippen LogP contribution is -2.24. The second-order valence-electron chi connectivity index (χ2n) is 5.19. The van der Waals surface area contributed by atoms with Gasteiger partial charge in [-0.1, -0.05) is 12.1 Å². The molecular formula is C16H18BrNOS. The fourth-order valence-electron chi connectivity index (χ4n) is 2.36. The van der Waals surface area contributed by atoms with Crippen LogP contribution in [-0.4, -0.2) is 18.1 Å². The molecule has 20 heavy (non-hydrogen) atoms. The highest BCUT2D eigenvalue weighted by Gasteiger charge is 2.29. The number of methoxy groups -OCH3 is 1. The minimum Gasteiger partial charge on any atom is -0.497 e. The minimum absolute atomic E-state index is 0.762. The van der Waals surface area contributed by atoms with E-state index >= 15 is 0 Å². The van der Waals surface area contributed by atoms with Crippen LogP contribution in [0, 0.1) is 0 Å². The van der Waals surface area contributed by atoms with Crippen molar-refractivity contribution in [2.75, 3.05) is 7.11 Å². The van der Waals surface area contributed by atoms with Crippen LogP contribution in [0.5, 0.6) is 5.75 Å². The first-order valence-corrected chi connectivity index (χ1v) is 8.47. The van der Waals surface area contributed by atoms with Gasteiger partial charge in [-0.2, -0.15) is 0 Å². The molecule has 0 saturated heterocycles. The summed E-state index contributed by atoms with van der Waals surface area (Å²) >= 11 is 5.38. The number of halogens is 1. The molecule has 1 aromatic carbocycles. The summed E-state index contributed by atoms with van der Waals surface area (Å²) in [5.74, 6) is 0.925. The molecule has 106 valence electrons. The first-order valence-electron chi connectivity index (χ1n) is 6.86. The first kappa shape index (κ1) is 14.1. The van der Waals surface area contributed by atoms with Gasteiger partial charge in [-0.25, -0.2) is 0 Å². The molecular weight excluding hydrogens is 334 g/mol. The maximum Gasteiger partial charge on any atom is 0.118 e. The molecule has 1 fully saturated rings. The predicted octanol–water partition coefficient (Wildman–Crippen LogP) is 4.68. The van der Waals surface area contributed by atoms with Crippen LogP contribution in [0.3, 0.4) is 0 Å². The van der Waals surface area contributed by atoms with Crippen LogP contribution in [0.1, 0.15) is 23.3 Å². The average molecular weight is 352 g/mol. The molecule has 1 aliphatic carbocycles. The van der Waals surface area contributed by atoms with Gasteiger partial charge in [-0.15, -0.1) is 11.3 Å². The van der Waals surface area contributed by atoms with Crippen molar-refractivity contribution in [3.05, 3.63) is 50.6 Å². The van der Waals surface area contributed by atoms with Crippen LogP contribution >= 0.6 is 27.3 Å². The number of thiophene rings is 1. The van der Waals surface area contributed by atoms with Crippen molar-refractivity contribution in [2.45, 2.75) is 32.0 Å². The lowest BCUT2D eigenvalue weighted by atomic mass is 10.2. The molecule has 0 unspecified atom stereocenters. The number of hydrogen-bond donors (Lipinski definition) is 0. The van der Waals surface area contributed by atoms with Crippen LogP contribution in [0.15, 0.2) is 40.2 Å². The fourth-order valence-corrected chi connectivity index (χ4v) is 3.87. The summed E-state index contributed by atoms with van der Waals surface area (Å²) in [6.07, 6.45) is 2.67. The molecule has 0 radical (unpaired) electrons. The summed E-state index contributed by atoms with van der Waals surface area (Å²) in [5, 5.41) is 0. The Labute approximate surface area is 132 Å². The second kappa shape index (κ2) is 6.29. The van der Waals surface area contributed by atoms with Gasteiger partial charge in [0.25, 0.3) is 0 Å². The molecule has 0 spiro atoms. The normalized spacial score (nSPS) is 14.8. The molecule has 1 heterocycles. The van der Waals surface area contributed by atoms with E-state index in [1.54, 1.807) is 7.11 Å². The number of nitrogens with zero attached hydrogens (tertiary/aromatic N) is 1. The van der Waals surface area contributed by atoms with Gasteiger partial charge in [0, 0.05) is 24.0 Å². The van der Waals surface area contributed by atoms with Gasteiger partial charge < -0.3 is 4.74 Å². The van der Waals surface area contributed by atoms with Gasteiger partial charge in [0.05, 0.1) is 10.9 Å². The lowest BCUT2D eigenvalue weighted by Gasteiger charge is -2.21. The number of rotatable bonds is 6. The highest BCUT2D eigenvalue weighted by molar-refractivity contribution is 9.11. The number of hydrogen-bond acceptors (Lipinski definition) is 3. The molecule has 0 N–H and O–H groups in total. The molecule has 0 amide bonds. The summed E-state index contributed by atoms with van der Waals surface area (Å²) in [6, 6.07) is 13.5. The maximum absolute atomic E-state index is 5.22. The third kappa shape index (κ3) is 3.62. The van der Waals surface area contributed by atoms with E-state index in [1.165, 1.54) is 27.1 Å². The SMILES string of the molecule is COc1ccc(CN(Cc2ccc(Br)s2)C2CC2)cc1. The fraction of sp³-hybridized carbons (Fsp3) is 0.375. The van der Waals surface area contributed by atoms with E-state index in [2.05, 4.69) is 45.1 Å². The molecule has 4 heteroatoms. The van der Waals surface area contributed by atoms with E-state index in [9.17, 15) is 0 Å². The van der Waals surface area contributed by atoms with Gasteiger partial charge in [0.1, 0.15) is 5.75 Å². The molecule has 0 atom stereocenters. The molecule has 0 bridgehead atoms. The molecule has 1 aromatic heterocycles. The van der Waals surface area contributed by atoms with Crippen LogP contribution in [-0.2, 0) is 13.1 Å². The number of ether oxygens (including phenoxy) is 1. The predicted molar refractivity (Wildman–Crippen MR) is 87.3 cm³/mol. The van der Waals surface area contributed by atoms with Crippen LogP contribution < -0.4 is 4.74 Å². The van der Waals surface area contributed by atoms with Crippen LogP contribution in [0.4, 0.5) is 0 Å². The van der Waals surface area contributed by atoms with Gasteiger partial charge in [0.2, 0.25) is 0 Å². The van der Waals surface area contributed by atoms with E-state index in [-0.39, 0.29) is 0 Å². The van der Waals surface area contributed by atoms with Crippen molar-refractivity contribution < 1.29 is 4.74 Å². The van der Waals surface area contributed by atoms with E-state index in [0.29, 0.717) is 0 Å². The Morgan fingerprint density at radius 1 is 1.15 bits per heavy atom. The van der Waals surface area contributed by atoms with Gasteiger partial charge in [-0.3, -0.25) is 4.90 Å². The molecule has 3 rings (SSSR count). The van der Waals surface area contributed by atoms with E-state index in [0.717, 1.165) is 24.9 Å². The standard InChI is InChI=1S/C16H18BrNOS/c1-19-14-6-2-12(3-7-14)10-18(13-4-5-13)11-15-8-9-16(17)20-15/h2-3,6-9,13H,4-5,10-11H2,1H3. The maximum atomic E-state index is 5.22. The Bertz CT molecular complexity index is 562. The topological polar surface area (TPSA) is 12.5 Å². The second-order valence-corrected chi connectivity index (χ2v) is 7.74. The third-order valence-corrected chi connectivity index (χ3v) is 5.20. The van der Waals surface area contributed by atoms with Crippen molar-refractivity contribution >= 4 is 27.3 Å². The summed E-state index contributed by atoms with van der Waals surface area (Å²) in [6.45, 7) is 2.07. The third-order valence-electron chi connectivity index (χ3n) is 3.60. The quantitative estimate of drug-likeness (QED) is 0.748. The number of benzene rings is 1. The van der Waals surface area contributed by atoms with Crippen molar-refractivity contribution in [2.24, 2.45) is 0 Å². The Kier molecular flexibility index (Phi) is 4.44. The summed E-state index contributed by atoms with van der Waals surface area (Å²) in [4.78, 5) is 4.01. The monoisotopic (exact) mass is 351 g/mol. The molecule has 1 saturated carbocycles. The zero-order chi connectivity index (χ0) is 13.9. The van der Waals surface area contributed by atoms with Crippen molar-refractivity contribution in [3.63, 3.8) is 0 Å². The highest BCUT2D eigenvalue weighted by atomic mass is 79.9.